The molecule has 0 spiro atoms. The van der Waals surface area contributed by atoms with Gasteiger partial charge >= 0.3 is 0 Å². The molecule has 36 heavy (non-hydrogen) atoms. The van der Waals surface area contributed by atoms with Gasteiger partial charge in [0.15, 0.2) is 10.8 Å². The predicted molar refractivity (Wildman–Crippen MR) is 138 cm³/mol. The van der Waals surface area contributed by atoms with E-state index in [-0.39, 0.29) is 21.9 Å². The number of anilines is 2. The van der Waals surface area contributed by atoms with Gasteiger partial charge in [-0.15, -0.1) is 0 Å². The van der Waals surface area contributed by atoms with Crippen molar-refractivity contribution in [1.29, 1.82) is 0 Å². The molecular formula is C25H33N7O3S. The standard InChI is InChI=1S/C25H33N7O3S/c1-16(2)15-18-11-13-27-32(18)21-10-9-19(23(29-21)31-14-12-17(3)25(31,4)5)24(33)30-36(34,35)22-8-6-7-20(26)28-22/h6-11,13,16-17H,12,14-15H2,1-5H3,(H2,26,28)(H,30,33). The Morgan fingerprint density at radius 2 is 1.94 bits per heavy atom. The summed E-state index contributed by atoms with van der Waals surface area (Å²) in [7, 11) is -4.24. The molecule has 0 bridgehead atoms. The summed E-state index contributed by atoms with van der Waals surface area (Å²) in [6, 6.07) is 9.47. The maximum atomic E-state index is 13.4. The number of hydrogen-bond donors (Lipinski definition) is 2. The average molecular weight is 512 g/mol. The van der Waals surface area contributed by atoms with E-state index in [4.69, 9.17) is 10.7 Å². The van der Waals surface area contributed by atoms with Crippen molar-refractivity contribution in [2.45, 2.75) is 58.0 Å². The zero-order valence-electron chi connectivity index (χ0n) is 21.3. The molecule has 0 saturated carbocycles. The first kappa shape index (κ1) is 25.6. The molecule has 1 fully saturated rings. The number of nitrogens with zero attached hydrogens (tertiary/aromatic N) is 5. The second-order valence-corrected chi connectivity index (χ2v) is 11.8. The van der Waals surface area contributed by atoms with Crippen LogP contribution >= 0.6 is 0 Å². The van der Waals surface area contributed by atoms with Crippen LogP contribution in [0, 0.1) is 11.8 Å². The van der Waals surface area contributed by atoms with Crippen LogP contribution in [0.15, 0.2) is 47.6 Å². The Morgan fingerprint density at radius 3 is 2.58 bits per heavy atom. The van der Waals surface area contributed by atoms with Gasteiger partial charge in [-0.3, -0.25) is 4.79 Å². The topological polar surface area (TPSA) is 136 Å². The van der Waals surface area contributed by atoms with Crippen molar-refractivity contribution < 1.29 is 13.2 Å². The lowest BCUT2D eigenvalue weighted by Gasteiger charge is -2.36. The van der Waals surface area contributed by atoms with Crippen molar-refractivity contribution in [1.82, 2.24) is 24.5 Å². The van der Waals surface area contributed by atoms with Gasteiger partial charge in [-0.05, 0) is 68.9 Å². The summed E-state index contributed by atoms with van der Waals surface area (Å²) < 4.78 is 29.7. The largest absolute Gasteiger partial charge is 0.384 e. The molecule has 3 aromatic heterocycles. The molecule has 3 N–H and O–H groups in total. The minimum atomic E-state index is -4.24. The Kier molecular flexibility index (Phi) is 6.78. The third kappa shape index (κ3) is 4.92. The average Bonchev–Trinajstić information content (AvgIpc) is 3.36. The molecular weight excluding hydrogens is 478 g/mol. The van der Waals surface area contributed by atoms with Gasteiger partial charge in [-0.25, -0.2) is 19.4 Å². The van der Waals surface area contributed by atoms with E-state index in [9.17, 15) is 13.2 Å². The lowest BCUT2D eigenvalue weighted by atomic mass is 9.90. The van der Waals surface area contributed by atoms with E-state index < -0.39 is 15.9 Å². The number of amides is 1. The second-order valence-electron chi connectivity index (χ2n) is 10.2. The van der Waals surface area contributed by atoms with Crippen molar-refractivity contribution in [2.75, 3.05) is 17.2 Å². The molecule has 4 rings (SSSR count). The first-order valence-corrected chi connectivity index (χ1v) is 13.5. The van der Waals surface area contributed by atoms with Crippen molar-refractivity contribution in [3.8, 4) is 5.82 Å². The zero-order chi connectivity index (χ0) is 26.3. The highest BCUT2D eigenvalue weighted by Crippen LogP contribution is 2.39. The van der Waals surface area contributed by atoms with Gasteiger partial charge in [0.2, 0.25) is 0 Å². The first-order valence-electron chi connectivity index (χ1n) is 12.0. The number of nitrogens with one attached hydrogen (secondary N) is 1. The van der Waals surface area contributed by atoms with E-state index in [1.54, 1.807) is 23.0 Å². The molecule has 10 nitrogen and oxygen atoms in total. The Morgan fingerprint density at radius 1 is 1.19 bits per heavy atom. The summed E-state index contributed by atoms with van der Waals surface area (Å²) in [5, 5.41) is 4.13. The van der Waals surface area contributed by atoms with Gasteiger partial charge in [-0.1, -0.05) is 26.8 Å². The van der Waals surface area contributed by atoms with Crippen LogP contribution in [0.5, 0.6) is 0 Å². The van der Waals surface area contributed by atoms with E-state index in [2.05, 4.69) is 54.3 Å². The second kappa shape index (κ2) is 9.53. The van der Waals surface area contributed by atoms with E-state index in [0.29, 0.717) is 30.0 Å². The van der Waals surface area contributed by atoms with E-state index in [1.165, 1.54) is 18.2 Å². The molecule has 1 unspecified atom stereocenters. The third-order valence-electron chi connectivity index (χ3n) is 6.85. The third-order valence-corrected chi connectivity index (χ3v) is 8.08. The first-order chi connectivity index (χ1) is 16.9. The number of carbonyl (C=O) groups excluding carboxylic acids is 1. The van der Waals surface area contributed by atoms with Gasteiger partial charge in [0, 0.05) is 24.0 Å². The fourth-order valence-electron chi connectivity index (χ4n) is 4.47. The van der Waals surface area contributed by atoms with Crippen molar-refractivity contribution in [3.05, 3.63) is 53.9 Å². The lowest BCUT2D eigenvalue weighted by Crippen LogP contribution is -2.44. The highest BCUT2D eigenvalue weighted by atomic mass is 32.2. The van der Waals surface area contributed by atoms with Crippen molar-refractivity contribution in [2.24, 2.45) is 11.8 Å². The number of rotatable bonds is 7. The number of hydrogen-bond acceptors (Lipinski definition) is 8. The smallest absolute Gasteiger partial charge is 0.281 e. The van der Waals surface area contributed by atoms with Gasteiger partial charge < -0.3 is 10.6 Å². The molecule has 1 atom stereocenters. The molecule has 0 radical (unpaired) electrons. The number of nitrogens with two attached hydrogens (primary N) is 1. The number of sulfonamides is 1. The molecule has 1 aliphatic heterocycles. The van der Waals surface area contributed by atoms with Crippen LogP contribution in [-0.2, 0) is 16.4 Å². The lowest BCUT2D eigenvalue weighted by molar-refractivity contribution is 0.0981. The number of pyridine rings is 2. The minimum Gasteiger partial charge on any atom is -0.384 e. The summed E-state index contributed by atoms with van der Waals surface area (Å²) >= 11 is 0. The predicted octanol–water partition coefficient (Wildman–Crippen LogP) is 3.19. The van der Waals surface area contributed by atoms with Gasteiger partial charge in [0.25, 0.3) is 15.9 Å². The van der Waals surface area contributed by atoms with E-state index in [1.807, 2.05) is 6.07 Å². The Hall–Kier alpha value is -3.47. The van der Waals surface area contributed by atoms with E-state index >= 15 is 0 Å². The van der Waals surface area contributed by atoms with Crippen molar-refractivity contribution in [3.63, 3.8) is 0 Å². The Balaban J connectivity index is 1.77. The molecule has 0 aromatic carbocycles. The molecule has 3 aromatic rings. The molecule has 11 heteroatoms. The number of aromatic nitrogens is 4. The maximum Gasteiger partial charge on any atom is 0.281 e. The Labute approximate surface area is 212 Å². The minimum absolute atomic E-state index is 0.0428. The molecule has 1 saturated heterocycles. The molecule has 4 heterocycles. The fraction of sp³-hybridized carbons (Fsp3) is 0.440. The monoisotopic (exact) mass is 511 g/mol. The van der Waals surface area contributed by atoms with Crippen LogP contribution in [0.2, 0.25) is 0 Å². The summed E-state index contributed by atoms with van der Waals surface area (Å²) in [5.41, 5.74) is 6.51. The summed E-state index contributed by atoms with van der Waals surface area (Å²) in [4.78, 5) is 24.1. The quantitative estimate of drug-likeness (QED) is 0.494. The van der Waals surface area contributed by atoms with Crippen LogP contribution in [-0.4, -0.2) is 46.2 Å². The maximum absolute atomic E-state index is 13.4. The summed E-state index contributed by atoms with van der Waals surface area (Å²) in [5.74, 6) is 1.02. The fourth-order valence-corrected chi connectivity index (χ4v) is 5.41. The summed E-state index contributed by atoms with van der Waals surface area (Å²) in [6.45, 7) is 11.3. The Bertz CT molecular complexity index is 1380. The van der Waals surface area contributed by atoms with Gasteiger partial charge in [-0.2, -0.15) is 13.5 Å². The van der Waals surface area contributed by atoms with Crippen LogP contribution in [0.3, 0.4) is 0 Å². The number of carbonyl (C=O) groups is 1. The summed E-state index contributed by atoms with van der Waals surface area (Å²) in [6.07, 6.45) is 3.47. The molecule has 192 valence electrons. The van der Waals surface area contributed by atoms with Crippen LogP contribution in [0.4, 0.5) is 11.6 Å². The highest BCUT2D eigenvalue weighted by molar-refractivity contribution is 7.90. The van der Waals surface area contributed by atoms with E-state index in [0.717, 1.165) is 18.5 Å². The SMILES string of the molecule is CC(C)Cc1ccnn1-c1ccc(C(=O)NS(=O)(=O)c2cccc(N)n2)c(N2CCC(C)C2(C)C)n1. The van der Waals surface area contributed by atoms with Crippen molar-refractivity contribution >= 4 is 27.6 Å². The van der Waals surface area contributed by atoms with Crippen LogP contribution < -0.4 is 15.4 Å². The zero-order valence-corrected chi connectivity index (χ0v) is 22.1. The molecule has 1 amide bonds. The van der Waals surface area contributed by atoms with Gasteiger partial charge in [0.1, 0.15) is 11.6 Å². The van der Waals surface area contributed by atoms with Gasteiger partial charge in [0.05, 0.1) is 5.56 Å². The van der Waals surface area contributed by atoms with Crippen LogP contribution in [0.25, 0.3) is 5.82 Å². The highest BCUT2D eigenvalue weighted by Gasteiger charge is 2.41. The van der Waals surface area contributed by atoms with Crippen LogP contribution in [0.1, 0.15) is 57.1 Å². The molecule has 1 aliphatic rings. The normalized spacial score (nSPS) is 17.5. The number of nitrogen functional groups attached to an aromatic ring is 1. The molecule has 0 aliphatic carbocycles.